The number of likely N-dealkylation sites (N-methyl/N-ethyl adjacent to an activating group) is 1. The van der Waals surface area contributed by atoms with E-state index in [1.54, 1.807) is 12.4 Å². The molecule has 0 atom stereocenters. The van der Waals surface area contributed by atoms with Crippen molar-refractivity contribution in [3.63, 3.8) is 0 Å². The van der Waals surface area contributed by atoms with E-state index >= 15 is 0 Å². The fraction of sp³-hybridized carbons (Fsp3) is 0.636. The number of piperazine rings is 1. The Balaban J connectivity index is 0.000000531. The van der Waals surface area contributed by atoms with Crippen LogP contribution in [0.25, 0.3) is 0 Å². The summed E-state index contributed by atoms with van der Waals surface area (Å²) < 4.78 is 0. The molecule has 0 bridgehead atoms. The minimum absolute atomic E-state index is 0.857. The highest BCUT2D eigenvalue weighted by Crippen LogP contribution is 2.07. The van der Waals surface area contributed by atoms with Gasteiger partial charge in [0, 0.05) is 38.6 Å². The molecule has 1 aliphatic rings. The van der Waals surface area contributed by atoms with Gasteiger partial charge in [-0.3, -0.25) is 0 Å². The maximum absolute atomic E-state index is 4.22. The van der Waals surface area contributed by atoms with E-state index in [0.717, 1.165) is 32.1 Å². The molecule has 0 spiro atoms. The maximum Gasteiger partial charge on any atom is 0.225 e. The van der Waals surface area contributed by atoms with E-state index in [-0.39, 0.29) is 0 Å². The molecule has 2 heterocycles. The van der Waals surface area contributed by atoms with Crippen molar-refractivity contribution >= 4 is 5.95 Å². The predicted octanol–water partition coefficient (Wildman–Crippen LogP) is 1.25. The van der Waals surface area contributed by atoms with Crippen molar-refractivity contribution < 1.29 is 0 Å². The number of aromatic nitrogens is 2. The third-order valence-electron chi connectivity index (χ3n) is 2.34. The second kappa shape index (κ2) is 6.35. The fourth-order valence-corrected chi connectivity index (χ4v) is 1.46. The minimum atomic E-state index is 0.857. The summed E-state index contributed by atoms with van der Waals surface area (Å²) in [5.74, 6) is 0.857. The second-order valence-electron chi connectivity index (χ2n) is 3.34. The highest BCUT2D eigenvalue weighted by molar-refractivity contribution is 5.28. The Morgan fingerprint density at radius 2 is 1.53 bits per heavy atom. The van der Waals surface area contributed by atoms with Crippen molar-refractivity contribution in [2.45, 2.75) is 13.8 Å². The predicted molar refractivity (Wildman–Crippen MR) is 63.1 cm³/mol. The van der Waals surface area contributed by atoms with Gasteiger partial charge in [-0.15, -0.1) is 0 Å². The van der Waals surface area contributed by atoms with E-state index in [0.29, 0.717) is 0 Å². The zero-order valence-corrected chi connectivity index (χ0v) is 9.85. The Morgan fingerprint density at radius 3 is 2.07 bits per heavy atom. The van der Waals surface area contributed by atoms with Crippen molar-refractivity contribution in [1.82, 2.24) is 14.9 Å². The van der Waals surface area contributed by atoms with Crippen LogP contribution in [0.1, 0.15) is 13.8 Å². The van der Waals surface area contributed by atoms with Crippen LogP contribution >= 0.6 is 0 Å². The molecular formula is C11H20N4. The van der Waals surface area contributed by atoms with Gasteiger partial charge in [0.1, 0.15) is 0 Å². The molecule has 1 aromatic rings. The molecule has 1 saturated heterocycles. The fourth-order valence-electron chi connectivity index (χ4n) is 1.46. The van der Waals surface area contributed by atoms with Gasteiger partial charge in [0.25, 0.3) is 0 Å². The number of hydrogen-bond donors (Lipinski definition) is 0. The Labute approximate surface area is 91.9 Å². The first-order valence-electron chi connectivity index (χ1n) is 5.57. The maximum atomic E-state index is 4.22. The van der Waals surface area contributed by atoms with Crippen LogP contribution in [-0.2, 0) is 0 Å². The average Bonchev–Trinajstić information content (AvgIpc) is 2.34. The summed E-state index contributed by atoms with van der Waals surface area (Å²) in [6.07, 6.45) is 3.58. The van der Waals surface area contributed by atoms with Gasteiger partial charge in [0.05, 0.1) is 0 Å². The third-order valence-corrected chi connectivity index (χ3v) is 2.34. The molecule has 0 amide bonds. The molecule has 2 rings (SSSR count). The molecule has 0 aliphatic carbocycles. The summed E-state index contributed by atoms with van der Waals surface area (Å²) in [5, 5.41) is 0. The first-order chi connectivity index (χ1) is 7.36. The Morgan fingerprint density at radius 1 is 1.00 bits per heavy atom. The summed E-state index contributed by atoms with van der Waals surface area (Å²) in [4.78, 5) is 13.0. The van der Waals surface area contributed by atoms with Crippen LogP contribution in [0.15, 0.2) is 18.5 Å². The van der Waals surface area contributed by atoms with Gasteiger partial charge >= 0.3 is 0 Å². The molecule has 0 N–H and O–H groups in total. The van der Waals surface area contributed by atoms with Gasteiger partial charge in [0.2, 0.25) is 5.95 Å². The van der Waals surface area contributed by atoms with E-state index < -0.39 is 0 Å². The van der Waals surface area contributed by atoms with Gasteiger partial charge in [-0.05, 0) is 13.1 Å². The van der Waals surface area contributed by atoms with Crippen LogP contribution < -0.4 is 4.90 Å². The number of rotatable bonds is 1. The lowest BCUT2D eigenvalue weighted by atomic mass is 10.3. The molecule has 1 aliphatic heterocycles. The average molecular weight is 208 g/mol. The smallest absolute Gasteiger partial charge is 0.225 e. The summed E-state index contributed by atoms with van der Waals surface area (Å²) in [6, 6.07) is 1.85. The lowest BCUT2D eigenvalue weighted by Gasteiger charge is -2.32. The molecule has 0 radical (unpaired) electrons. The van der Waals surface area contributed by atoms with E-state index in [4.69, 9.17) is 0 Å². The molecule has 4 heteroatoms. The number of nitrogens with zero attached hydrogens (tertiary/aromatic N) is 4. The van der Waals surface area contributed by atoms with Crippen molar-refractivity contribution in [1.29, 1.82) is 0 Å². The van der Waals surface area contributed by atoms with E-state index in [9.17, 15) is 0 Å². The number of anilines is 1. The molecule has 84 valence electrons. The Bertz CT molecular complexity index is 255. The van der Waals surface area contributed by atoms with Crippen molar-refractivity contribution in [3.05, 3.63) is 18.5 Å². The summed E-state index contributed by atoms with van der Waals surface area (Å²) >= 11 is 0. The van der Waals surface area contributed by atoms with Crippen molar-refractivity contribution in [2.75, 3.05) is 38.1 Å². The van der Waals surface area contributed by atoms with Gasteiger partial charge in [-0.25, -0.2) is 9.97 Å². The van der Waals surface area contributed by atoms with Crippen molar-refractivity contribution in [3.8, 4) is 0 Å². The number of hydrogen-bond acceptors (Lipinski definition) is 4. The quantitative estimate of drug-likeness (QED) is 0.695. The summed E-state index contributed by atoms with van der Waals surface area (Å²) in [7, 11) is 2.14. The van der Waals surface area contributed by atoms with Crippen LogP contribution in [-0.4, -0.2) is 48.1 Å². The molecule has 1 aromatic heterocycles. The van der Waals surface area contributed by atoms with Crippen LogP contribution in [0.2, 0.25) is 0 Å². The molecule has 0 saturated carbocycles. The van der Waals surface area contributed by atoms with Crippen LogP contribution in [0.4, 0.5) is 5.95 Å². The molecule has 1 fully saturated rings. The van der Waals surface area contributed by atoms with E-state index in [1.165, 1.54) is 0 Å². The van der Waals surface area contributed by atoms with Gasteiger partial charge < -0.3 is 9.80 Å². The monoisotopic (exact) mass is 208 g/mol. The Kier molecular flexibility index (Phi) is 5.04. The highest BCUT2D eigenvalue weighted by atomic mass is 15.3. The zero-order valence-electron chi connectivity index (χ0n) is 9.85. The lowest BCUT2D eigenvalue weighted by molar-refractivity contribution is 0.311. The second-order valence-corrected chi connectivity index (χ2v) is 3.34. The van der Waals surface area contributed by atoms with Gasteiger partial charge in [-0.2, -0.15) is 0 Å². The first kappa shape index (κ1) is 11.9. The first-order valence-corrected chi connectivity index (χ1v) is 5.57. The van der Waals surface area contributed by atoms with Gasteiger partial charge in [0.15, 0.2) is 0 Å². The third kappa shape index (κ3) is 3.47. The van der Waals surface area contributed by atoms with Crippen LogP contribution in [0.3, 0.4) is 0 Å². The van der Waals surface area contributed by atoms with Crippen LogP contribution in [0.5, 0.6) is 0 Å². The molecule has 15 heavy (non-hydrogen) atoms. The van der Waals surface area contributed by atoms with E-state index in [2.05, 4.69) is 26.8 Å². The molecular weight excluding hydrogens is 188 g/mol. The SMILES string of the molecule is CC.CN1CCN(c2ncccn2)CC1. The summed E-state index contributed by atoms with van der Waals surface area (Å²) in [6.45, 7) is 8.25. The minimum Gasteiger partial charge on any atom is -0.338 e. The Hall–Kier alpha value is -1.16. The normalized spacial score (nSPS) is 16.9. The summed E-state index contributed by atoms with van der Waals surface area (Å²) in [5.41, 5.74) is 0. The van der Waals surface area contributed by atoms with Gasteiger partial charge in [-0.1, -0.05) is 13.8 Å². The standard InChI is InChI=1S/C9H14N4.C2H6/c1-12-5-7-13(8-6-12)9-10-3-2-4-11-9;1-2/h2-4H,5-8H2,1H3;1-2H3. The molecule has 4 nitrogen and oxygen atoms in total. The molecule has 0 aromatic carbocycles. The van der Waals surface area contributed by atoms with Crippen LogP contribution in [0, 0.1) is 0 Å². The van der Waals surface area contributed by atoms with E-state index in [1.807, 2.05) is 19.9 Å². The topological polar surface area (TPSA) is 32.3 Å². The molecule has 0 unspecified atom stereocenters. The lowest BCUT2D eigenvalue weighted by Crippen LogP contribution is -2.45. The zero-order chi connectivity index (χ0) is 11.1. The highest BCUT2D eigenvalue weighted by Gasteiger charge is 2.15. The van der Waals surface area contributed by atoms with Crippen molar-refractivity contribution in [2.24, 2.45) is 0 Å². The largest absolute Gasteiger partial charge is 0.338 e.